The largest absolute Gasteiger partial charge is 0.497 e. The number of carbonyl (C=O) groups is 1. The third-order valence-electron chi connectivity index (χ3n) is 7.49. The lowest BCUT2D eigenvalue weighted by molar-refractivity contribution is -0.137. The van der Waals surface area contributed by atoms with Crippen molar-refractivity contribution >= 4 is 22.6 Å². The molecule has 0 radical (unpaired) electrons. The van der Waals surface area contributed by atoms with Gasteiger partial charge in [-0.05, 0) is 43.7 Å². The van der Waals surface area contributed by atoms with Gasteiger partial charge in [0.25, 0.3) is 0 Å². The Morgan fingerprint density at radius 2 is 1.74 bits per heavy atom. The maximum atomic E-state index is 13.2. The molecule has 1 saturated heterocycles. The lowest BCUT2D eigenvalue weighted by atomic mass is 9.81. The molecule has 1 aliphatic carbocycles. The number of imidazole rings is 1. The fourth-order valence-corrected chi connectivity index (χ4v) is 5.44. The molecule has 2 aromatic heterocycles. The molecule has 180 valence electrons. The first-order chi connectivity index (χ1) is 16.5. The van der Waals surface area contributed by atoms with E-state index in [9.17, 15) is 9.59 Å². The van der Waals surface area contributed by atoms with Crippen molar-refractivity contribution in [2.45, 2.75) is 32.2 Å². The van der Waals surface area contributed by atoms with E-state index in [2.05, 4.69) is 14.9 Å². The average Bonchev–Trinajstić information content (AvgIpc) is 3.13. The maximum Gasteiger partial charge on any atom is 0.328 e. The number of ether oxygens (including phenoxy) is 1. The number of carbonyl (C=O) groups excluding carboxylic acids is 1. The van der Waals surface area contributed by atoms with Crippen molar-refractivity contribution in [1.82, 2.24) is 24.0 Å². The fourth-order valence-electron chi connectivity index (χ4n) is 5.44. The SMILES string of the molecule is COc1ccc2c(c1)n(C[C@H]1CC[C@H](C(=O)N3CCN(c4cncnc4)CC3)CC1)c(=O)n2C. The van der Waals surface area contributed by atoms with Crippen LogP contribution in [0.1, 0.15) is 25.7 Å². The van der Waals surface area contributed by atoms with E-state index in [-0.39, 0.29) is 17.5 Å². The van der Waals surface area contributed by atoms with Crippen LogP contribution in [0.2, 0.25) is 0 Å². The molecule has 34 heavy (non-hydrogen) atoms. The van der Waals surface area contributed by atoms with Crippen molar-refractivity contribution in [1.29, 1.82) is 0 Å². The van der Waals surface area contributed by atoms with Crippen LogP contribution in [-0.2, 0) is 18.4 Å². The lowest BCUT2D eigenvalue weighted by Gasteiger charge is -2.38. The summed E-state index contributed by atoms with van der Waals surface area (Å²) in [6, 6.07) is 5.76. The third kappa shape index (κ3) is 4.26. The van der Waals surface area contributed by atoms with Gasteiger partial charge in [-0.1, -0.05) is 0 Å². The molecule has 1 saturated carbocycles. The minimum absolute atomic E-state index is 0.00291. The Morgan fingerprint density at radius 1 is 1.03 bits per heavy atom. The summed E-state index contributed by atoms with van der Waals surface area (Å²) in [5, 5.41) is 0. The topological polar surface area (TPSA) is 85.5 Å². The maximum absolute atomic E-state index is 13.2. The summed E-state index contributed by atoms with van der Waals surface area (Å²) in [5.74, 6) is 1.52. The minimum Gasteiger partial charge on any atom is -0.497 e. The molecule has 0 atom stereocenters. The van der Waals surface area contributed by atoms with Gasteiger partial charge in [0.15, 0.2) is 0 Å². The van der Waals surface area contributed by atoms with E-state index in [4.69, 9.17) is 4.74 Å². The van der Waals surface area contributed by atoms with Crippen LogP contribution in [0.3, 0.4) is 0 Å². The van der Waals surface area contributed by atoms with E-state index in [1.807, 2.05) is 47.1 Å². The molecule has 0 spiro atoms. The number of anilines is 1. The molecule has 0 N–H and O–H groups in total. The number of methoxy groups -OCH3 is 1. The summed E-state index contributed by atoms with van der Waals surface area (Å²) in [7, 11) is 3.45. The summed E-state index contributed by atoms with van der Waals surface area (Å²) in [5.41, 5.74) is 2.84. The Labute approximate surface area is 199 Å². The van der Waals surface area contributed by atoms with Gasteiger partial charge in [-0.3, -0.25) is 13.9 Å². The summed E-state index contributed by atoms with van der Waals surface area (Å²) < 4.78 is 8.94. The number of nitrogens with zero attached hydrogens (tertiary/aromatic N) is 6. The number of aryl methyl sites for hydroxylation is 1. The first kappa shape index (κ1) is 22.4. The van der Waals surface area contributed by atoms with Gasteiger partial charge in [-0.25, -0.2) is 14.8 Å². The van der Waals surface area contributed by atoms with Crippen LogP contribution in [0.25, 0.3) is 11.0 Å². The van der Waals surface area contributed by atoms with E-state index in [0.29, 0.717) is 12.5 Å². The van der Waals surface area contributed by atoms with Crippen molar-refractivity contribution < 1.29 is 9.53 Å². The van der Waals surface area contributed by atoms with Gasteiger partial charge in [0.05, 0.1) is 36.2 Å². The van der Waals surface area contributed by atoms with Crippen LogP contribution in [0.5, 0.6) is 5.75 Å². The van der Waals surface area contributed by atoms with E-state index in [1.165, 1.54) is 6.33 Å². The highest BCUT2D eigenvalue weighted by Gasteiger charge is 2.31. The minimum atomic E-state index is 0.00291. The molecule has 1 aliphatic heterocycles. The molecule has 5 rings (SSSR count). The van der Waals surface area contributed by atoms with Gasteiger partial charge in [0, 0.05) is 51.8 Å². The Morgan fingerprint density at radius 3 is 2.41 bits per heavy atom. The van der Waals surface area contributed by atoms with E-state index >= 15 is 0 Å². The van der Waals surface area contributed by atoms with Gasteiger partial charge in [-0.2, -0.15) is 0 Å². The Bertz CT molecular complexity index is 1200. The second kappa shape index (κ2) is 9.48. The zero-order chi connectivity index (χ0) is 23.7. The molecular formula is C25H32N6O3. The molecule has 2 aliphatic rings. The number of hydrogen-bond donors (Lipinski definition) is 0. The molecule has 1 aromatic carbocycles. The van der Waals surface area contributed by atoms with Gasteiger partial charge in [0.1, 0.15) is 12.1 Å². The monoisotopic (exact) mass is 464 g/mol. The molecule has 1 amide bonds. The van der Waals surface area contributed by atoms with Crippen molar-refractivity contribution in [3.05, 3.63) is 47.4 Å². The summed E-state index contributed by atoms with van der Waals surface area (Å²) in [6.07, 6.45) is 8.88. The summed E-state index contributed by atoms with van der Waals surface area (Å²) in [4.78, 5) is 38.5. The molecule has 9 nitrogen and oxygen atoms in total. The van der Waals surface area contributed by atoms with Crippen LogP contribution in [0, 0.1) is 11.8 Å². The predicted molar refractivity (Wildman–Crippen MR) is 130 cm³/mol. The summed E-state index contributed by atoms with van der Waals surface area (Å²) in [6.45, 7) is 3.77. The van der Waals surface area contributed by atoms with E-state index < -0.39 is 0 Å². The second-order valence-electron chi connectivity index (χ2n) is 9.43. The van der Waals surface area contributed by atoms with Crippen molar-refractivity contribution in [2.24, 2.45) is 18.9 Å². The van der Waals surface area contributed by atoms with E-state index in [1.54, 1.807) is 11.7 Å². The molecule has 3 aromatic rings. The smallest absolute Gasteiger partial charge is 0.328 e. The normalized spacial score (nSPS) is 21.1. The van der Waals surface area contributed by atoms with Crippen molar-refractivity contribution in [2.75, 3.05) is 38.2 Å². The highest BCUT2D eigenvalue weighted by atomic mass is 16.5. The zero-order valence-corrected chi connectivity index (χ0v) is 19.9. The van der Waals surface area contributed by atoms with Gasteiger partial charge < -0.3 is 14.5 Å². The molecule has 3 heterocycles. The van der Waals surface area contributed by atoms with Crippen LogP contribution in [0.4, 0.5) is 5.69 Å². The number of piperazine rings is 1. The summed E-state index contributed by atoms with van der Waals surface area (Å²) >= 11 is 0. The fraction of sp³-hybridized carbons (Fsp3) is 0.520. The van der Waals surface area contributed by atoms with Crippen LogP contribution < -0.4 is 15.3 Å². The molecule has 2 fully saturated rings. The van der Waals surface area contributed by atoms with Crippen molar-refractivity contribution in [3.63, 3.8) is 0 Å². The van der Waals surface area contributed by atoms with Gasteiger partial charge in [-0.15, -0.1) is 0 Å². The Balaban J connectivity index is 1.18. The highest BCUT2D eigenvalue weighted by molar-refractivity contribution is 5.79. The van der Waals surface area contributed by atoms with Crippen LogP contribution >= 0.6 is 0 Å². The standard InChI is InChI=1S/C25H32N6O3/c1-28-22-8-7-21(34-2)13-23(22)31(25(28)33)16-18-3-5-19(6-4-18)24(32)30-11-9-29(10-12-30)20-14-26-17-27-15-20/h7-8,13-15,17-19H,3-6,9-12,16H2,1-2H3/t18-,19-. The van der Waals surface area contributed by atoms with E-state index in [0.717, 1.165) is 74.3 Å². The molecule has 0 bridgehead atoms. The zero-order valence-electron chi connectivity index (χ0n) is 19.9. The number of amides is 1. The highest BCUT2D eigenvalue weighted by Crippen LogP contribution is 2.32. The number of hydrogen-bond acceptors (Lipinski definition) is 6. The number of benzene rings is 1. The Kier molecular flexibility index (Phi) is 6.26. The number of fused-ring (bicyclic) bond motifs is 1. The number of rotatable bonds is 5. The quantitative estimate of drug-likeness (QED) is 0.576. The second-order valence-corrected chi connectivity index (χ2v) is 9.43. The molecular weight excluding hydrogens is 432 g/mol. The molecule has 9 heteroatoms. The predicted octanol–water partition coefficient (Wildman–Crippen LogP) is 2.29. The van der Waals surface area contributed by atoms with Crippen molar-refractivity contribution in [3.8, 4) is 5.75 Å². The van der Waals surface area contributed by atoms with Gasteiger partial charge >= 0.3 is 5.69 Å². The first-order valence-corrected chi connectivity index (χ1v) is 12.1. The first-order valence-electron chi connectivity index (χ1n) is 12.1. The van der Waals surface area contributed by atoms with Crippen LogP contribution in [0.15, 0.2) is 41.7 Å². The molecule has 0 unspecified atom stereocenters. The number of aromatic nitrogens is 4. The lowest BCUT2D eigenvalue weighted by Crippen LogP contribution is -2.50. The Hall–Kier alpha value is -3.36. The van der Waals surface area contributed by atoms with Crippen LogP contribution in [-0.4, -0.2) is 63.2 Å². The average molecular weight is 465 g/mol. The third-order valence-corrected chi connectivity index (χ3v) is 7.49. The van der Waals surface area contributed by atoms with Gasteiger partial charge in [0.2, 0.25) is 5.91 Å².